The van der Waals surface area contributed by atoms with Crippen LogP contribution in [0.2, 0.25) is 5.02 Å². The number of ether oxygens (including phenoxy) is 2. The number of aromatic nitrogens is 3. The zero-order chi connectivity index (χ0) is 33.8. The summed E-state index contributed by atoms with van der Waals surface area (Å²) in [6, 6.07) is 14.2. The molecule has 0 aliphatic rings. The highest BCUT2D eigenvalue weighted by Gasteiger charge is 2.30. The minimum Gasteiger partial charge on any atom is -0.493 e. The monoisotopic (exact) mass is 648 g/mol. The maximum absolute atomic E-state index is 13.9. The first kappa shape index (κ1) is 35.0. The van der Waals surface area contributed by atoms with Gasteiger partial charge in [-0.2, -0.15) is 5.10 Å². The fraction of sp³-hybridized carbons (Fsp3) is 0.405. The third-order valence-corrected chi connectivity index (χ3v) is 8.16. The van der Waals surface area contributed by atoms with E-state index in [1.54, 1.807) is 6.07 Å². The van der Waals surface area contributed by atoms with Crippen molar-refractivity contribution in [2.45, 2.75) is 79.9 Å². The van der Waals surface area contributed by atoms with Gasteiger partial charge in [0, 0.05) is 41.2 Å². The molecule has 2 aromatic heterocycles. The summed E-state index contributed by atoms with van der Waals surface area (Å²) in [5, 5.41) is 7.81. The Bertz CT molecular complexity index is 1850. The summed E-state index contributed by atoms with van der Waals surface area (Å²) in [4.78, 5) is 13.9. The molecule has 5 rings (SSSR count). The molecular formula is C37H46ClFN4O3. The van der Waals surface area contributed by atoms with Crippen molar-refractivity contribution in [3.63, 3.8) is 0 Å². The van der Waals surface area contributed by atoms with Crippen molar-refractivity contribution >= 4 is 39.2 Å². The van der Waals surface area contributed by atoms with Gasteiger partial charge in [0.15, 0.2) is 0 Å². The molecule has 3 aromatic carbocycles. The van der Waals surface area contributed by atoms with E-state index < -0.39 is 5.60 Å². The average molecular weight is 649 g/mol. The molecule has 0 aliphatic carbocycles. The Morgan fingerprint density at radius 2 is 1.74 bits per heavy atom. The number of carbonyl (C=O) groups excluding carboxylic acids is 1. The number of rotatable bonds is 10. The van der Waals surface area contributed by atoms with Crippen LogP contribution in [0, 0.1) is 19.7 Å². The third kappa shape index (κ3) is 7.24. The van der Waals surface area contributed by atoms with Crippen LogP contribution in [0.25, 0.3) is 32.8 Å². The molecule has 5 aromatic rings. The van der Waals surface area contributed by atoms with Gasteiger partial charge in [0.1, 0.15) is 22.9 Å². The van der Waals surface area contributed by atoms with E-state index in [9.17, 15) is 9.18 Å². The lowest BCUT2D eigenvalue weighted by Crippen LogP contribution is -2.26. The molecule has 0 unspecified atom stereocenters. The van der Waals surface area contributed by atoms with Crippen molar-refractivity contribution < 1.29 is 18.7 Å². The standard InChI is InChI=1S/C35H40ClFN4O3.C2H6/c1-21-30(22(2)40(6)39-21)31-28(36)16-15-27-26(33(34(42)44-35(3,4)5)41(32(27)31)18-9-17-38)11-8-19-43-29-12-7-10-23-20-24(37)13-14-25(23)29;1-2/h7,10,12-16,20H,8-9,11,17-19,38H2,1-6H3;1-2H3. The summed E-state index contributed by atoms with van der Waals surface area (Å²) < 4.78 is 29.8. The molecule has 0 atom stereocenters. The van der Waals surface area contributed by atoms with Gasteiger partial charge in [-0.1, -0.05) is 43.6 Å². The fourth-order valence-electron chi connectivity index (χ4n) is 5.93. The molecule has 9 heteroatoms. The number of benzene rings is 3. The second kappa shape index (κ2) is 14.7. The summed E-state index contributed by atoms with van der Waals surface area (Å²) >= 11 is 6.96. The van der Waals surface area contributed by atoms with Crippen molar-refractivity contribution in [2.75, 3.05) is 13.2 Å². The van der Waals surface area contributed by atoms with Gasteiger partial charge < -0.3 is 19.8 Å². The number of aryl methyl sites for hydroxylation is 4. The normalized spacial score (nSPS) is 11.5. The number of fused-ring (bicyclic) bond motifs is 2. The zero-order valence-electron chi connectivity index (χ0n) is 28.3. The van der Waals surface area contributed by atoms with Crippen molar-refractivity contribution in [3.05, 3.63) is 82.0 Å². The molecule has 0 amide bonds. The third-order valence-electron chi connectivity index (χ3n) is 7.85. The van der Waals surface area contributed by atoms with E-state index in [-0.39, 0.29) is 11.8 Å². The van der Waals surface area contributed by atoms with Crippen molar-refractivity contribution in [1.82, 2.24) is 14.3 Å². The molecule has 0 saturated carbocycles. The summed E-state index contributed by atoms with van der Waals surface area (Å²) in [7, 11) is 1.91. The lowest BCUT2D eigenvalue weighted by atomic mass is 9.98. The highest BCUT2D eigenvalue weighted by Crippen LogP contribution is 2.42. The second-order valence-electron chi connectivity index (χ2n) is 12.2. The van der Waals surface area contributed by atoms with Gasteiger partial charge in [-0.05, 0) is 102 Å². The number of carbonyl (C=O) groups is 1. The van der Waals surface area contributed by atoms with Crippen LogP contribution in [0.4, 0.5) is 4.39 Å². The molecular weight excluding hydrogens is 603 g/mol. The molecule has 246 valence electrons. The summed E-state index contributed by atoms with van der Waals surface area (Å²) in [6.45, 7) is 15.0. The minimum atomic E-state index is -0.683. The molecule has 0 bridgehead atoms. The number of nitrogens with two attached hydrogens (primary N) is 1. The van der Waals surface area contributed by atoms with E-state index in [2.05, 4.69) is 5.10 Å². The van der Waals surface area contributed by atoms with Gasteiger partial charge >= 0.3 is 5.97 Å². The molecule has 0 fully saturated rings. The largest absolute Gasteiger partial charge is 0.493 e. The van der Waals surface area contributed by atoms with Crippen molar-refractivity contribution in [2.24, 2.45) is 12.8 Å². The number of hydrogen-bond acceptors (Lipinski definition) is 5. The van der Waals surface area contributed by atoms with Crippen LogP contribution in [-0.2, 0) is 24.8 Å². The Balaban J connectivity index is 0.00000235. The predicted octanol–water partition coefficient (Wildman–Crippen LogP) is 8.95. The maximum Gasteiger partial charge on any atom is 0.355 e. The topological polar surface area (TPSA) is 84.3 Å². The van der Waals surface area contributed by atoms with Crippen molar-refractivity contribution in [3.8, 4) is 16.9 Å². The Morgan fingerprint density at radius 1 is 1.02 bits per heavy atom. The van der Waals surface area contributed by atoms with E-state index in [0.29, 0.717) is 55.4 Å². The quantitative estimate of drug-likeness (QED) is 0.121. The van der Waals surface area contributed by atoms with E-state index in [4.69, 9.17) is 26.8 Å². The summed E-state index contributed by atoms with van der Waals surface area (Å²) in [5.74, 6) is 0.0164. The van der Waals surface area contributed by atoms with Crippen LogP contribution >= 0.6 is 11.6 Å². The van der Waals surface area contributed by atoms with Gasteiger partial charge in [-0.3, -0.25) is 4.68 Å². The first-order chi connectivity index (χ1) is 21.9. The highest BCUT2D eigenvalue weighted by atomic mass is 35.5. The summed E-state index contributed by atoms with van der Waals surface area (Å²) in [6.07, 6.45) is 1.86. The smallest absolute Gasteiger partial charge is 0.355 e. The average Bonchev–Trinajstić information content (AvgIpc) is 3.45. The number of esters is 1. The highest BCUT2D eigenvalue weighted by molar-refractivity contribution is 6.35. The number of nitrogens with zero attached hydrogens (tertiary/aromatic N) is 3. The van der Waals surface area contributed by atoms with Gasteiger partial charge in [0.05, 0.1) is 22.8 Å². The SMILES string of the molecule is CC.Cc1nn(C)c(C)c1-c1c(Cl)ccc2c(CCCOc3cccc4cc(F)ccc34)c(C(=O)OC(C)(C)C)n(CCCN)c12. The van der Waals surface area contributed by atoms with E-state index in [0.717, 1.165) is 49.8 Å². The Kier molecular flexibility index (Phi) is 11.2. The first-order valence-electron chi connectivity index (χ1n) is 16.0. The van der Waals surface area contributed by atoms with Crippen LogP contribution in [0.3, 0.4) is 0 Å². The molecule has 7 nitrogen and oxygen atoms in total. The first-order valence-corrected chi connectivity index (χ1v) is 16.4. The Morgan fingerprint density at radius 3 is 2.39 bits per heavy atom. The zero-order valence-corrected chi connectivity index (χ0v) is 29.0. The van der Waals surface area contributed by atoms with Gasteiger partial charge in [-0.25, -0.2) is 9.18 Å². The Hall–Kier alpha value is -3.88. The maximum atomic E-state index is 13.9. The molecule has 0 aliphatic heterocycles. The molecule has 0 spiro atoms. The fourth-order valence-corrected chi connectivity index (χ4v) is 6.18. The van der Waals surface area contributed by atoms with Crippen LogP contribution in [0.5, 0.6) is 5.75 Å². The van der Waals surface area contributed by atoms with E-state index in [1.165, 1.54) is 12.1 Å². The van der Waals surface area contributed by atoms with Crippen molar-refractivity contribution in [1.29, 1.82) is 0 Å². The van der Waals surface area contributed by atoms with E-state index >= 15 is 0 Å². The second-order valence-corrected chi connectivity index (χ2v) is 12.6. The van der Waals surface area contributed by atoms with Gasteiger partial charge in [0.2, 0.25) is 0 Å². The van der Waals surface area contributed by atoms with Crippen LogP contribution in [0.15, 0.2) is 48.5 Å². The molecule has 2 heterocycles. The molecule has 46 heavy (non-hydrogen) atoms. The van der Waals surface area contributed by atoms with Crippen LogP contribution in [-0.4, -0.2) is 39.1 Å². The minimum absolute atomic E-state index is 0.286. The summed E-state index contributed by atoms with van der Waals surface area (Å²) in [5.41, 5.74) is 11.2. The van der Waals surface area contributed by atoms with Gasteiger partial charge in [-0.15, -0.1) is 0 Å². The van der Waals surface area contributed by atoms with Gasteiger partial charge in [0.25, 0.3) is 0 Å². The molecule has 0 saturated heterocycles. The predicted molar refractivity (Wildman–Crippen MR) is 187 cm³/mol. The van der Waals surface area contributed by atoms with Crippen LogP contribution in [0.1, 0.15) is 74.9 Å². The molecule has 0 radical (unpaired) electrons. The van der Waals surface area contributed by atoms with Crippen LogP contribution < -0.4 is 10.5 Å². The number of halogens is 2. The molecule has 2 N–H and O–H groups in total. The number of hydrogen-bond donors (Lipinski definition) is 1. The van der Waals surface area contributed by atoms with E-state index in [1.807, 2.05) is 95.1 Å². The lowest BCUT2D eigenvalue weighted by Gasteiger charge is -2.21. The Labute approximate surface area is 276 Å². The lowest BCUT2D eigenvalue weighted by molar-refractivity contribution is 0.00566.